The Morgan fingerprint density at radius 2 is 2.14 bits per heavy atom. The summed E-state index contributed by atoms with van der Waals surface area (Å²) in [6.07, 6.45) is 1.79. The zero-order chi connectivity index (χ0) is 16.1. The number of aliphatic hydroxyl groups is 1. The zero-order valence-electron chi connectivity index (χ0n) is 12.5. The molecule has 0 saturated carbocycles. The monoisotopic (exact) mass is 323 g/mol. The van der Waals surface area contributed by atoms with Crippen molar-refractivity contribution in [2.45, 2.75) is 18.4 Å². The first-order valence-corrected chi connectivity index (χ1v) is 8.07. The van der Waals surface area contributed by atoms with Crippen LogP contribution in [0.4, 0.5) is 4.39 Å². The zero-order valence-corrected chi connectivity index (χ0v) is 13.3. The number of amides is 1. The van der Waals surface area contributed by atoms with E-state index in [1.165, 1.54) is 22.7 Å². The number of hydrogen-bond donors (Lipinski definition) is 1. The Hall–Kier alpha value is -1.79. The Bertz CT molecular complexity index is 657. The smallest absolute Gasteiger partial charge is 0.258 e. The lowest BCUT2D eigenvalue weighted by Crippen LogP contribution is -2.34. The van der Waals surface area contributed by atoms with Gasteiger partial charge >= 0.3 is 0 Å². The van der Waals surface area contributed by atoms with E-state index in [1.807, 2.05) is 6.92 Å². The molecule has 1 amide bonds. The van der Waals surface area contributed by atoms with Gasteiger partial charge in [-0.15, -0.1) is 11.8 Å². The quantitative estimate of drug-likeness (QED) is 0.830. The van der Waals surface area contributed by atoms with Crippen LogP contribution in [-0.2, 0) is 6.54 Å². The van der Waals surface area contributed by atoms with Gasteiger partial charge < -0.3 is 14.4 Å². The van der Waals surface area contributed by atoms with Crippen LogP contribution in [0.2, 0.25) is 0 Å². The summed E-state index contributed by atoms with van der Waals surface area (Å²) in [5, 5.41) is 9.19. The second kappa shape index (κ2) is 7.47. The van der Waals surface area contributed by atoms with Gasteiger partial charge in [0.1, 0.15) is 17.3 Å². The number of aliphatic hydroxyl groups excluding tert-OH is 1. The summed E-state index contributed by atoms with van der Waals surface area (Å²) in [6.45, 7) is 1.91. The summed E-state index contributed by atoms with van der Waals surface area (Å²) < 4.78 is 19.5. The van der Waals surface area contributed by atoms with Crippen LogP contribution >= 0.6 is 11.8 Å². The Morgan fingerprint density at radius 3 is 2.73 bits per heavy atom. The Labute approximate surface area is 132 Å². The molecule has 0 aliphatic carbocycles. The molecule has 22 heavy (non-hydrogen) atoms. The van der Waals surface area contributed by atoms with E-state index < -0.39 is 11.7 Å². The van der Waals surface area contributed by atoms with E-state index >= 15 is 0 Å². The fourth-order valence-electron chi connectivity index (χ4n) is 2.17. The fourth-order valence-corrected chi connectivity index (χ4v) is 2.78. The molecule has 118 valence electrons. The van der Waals surface area contributed by atoms with Gasteiger partial charge in [0, 0.05) is 11.4 Å². The summed E-state index contributed by atoms with van der Waals surface area (Å²) in [7, 11) is 0. The van der Waals surface area contributed by atoms with Crippen LogP contribution in [0.3, 0.4) is 0 Å². The van der Waals surface area contributed by atoms with Crippen molar-refractivity contribution in [3.63, 3.8) is 0 Å². The van der Waals surface area contributed by atoms with Crippen LogP contribution in [0.15, 0.2) is 39.6 Å². The molecular formula is C16H18FNO3S. The molecule has 0 aliphatic heterocycles. The maximum atomic E-state index is 14.1. The molecule has 6 heteroatoms. The van der Waals surface area contributed by atoms with E-state index in [4.69, 9.17) is 4.42 Å². The molecule has 0 aliphatic rings. The average Bonchev–Trinajstić information content (AvgIpc) is 2.91. The summed E-state index contributed by atoms with van der Waals surface area (Å²) in [5.74, 6) is 0.324. The molecular weight excluding hydrogens is 305 g/mol. The first-order chi connectivity index (χ1) is 10.6. The van der Waals surface area contributed by atoms with Gasteiger partial charge in [-0.3, -0.25) is 4.79 Å². The Balaban J connectivity index is 2.30. The summed E-state index contributed by atoms with van der Waals surface area (Å²) in [5.41, 5.74) is 0.0340. The minimum absolute atomic E-state index is 0.0340. The van der Waals surface area contributed by atoms with Gasteiger partial charge in [0.2, 0.25) is 0 Å². The van der Waals surface area contributed by atoms with Crippen molar-refractivity contribution in [1.82, 2.24) is 4.90 Å². The lowest BCUT2D eigenvalue weighted by atomic mass is 10.1. The SMILES string of the molecule is CSc1cccc(F)c1C(=O)N(CCO)Cc1ccc(C)o1. The van der Waals surface area contributed by atoms with Crippen LogP contribution in [0.25, 0.3) is 0 Å². The van der Waals surface area contributed by atoms with Crippen molar-refractivity contribution in [3.8, 4) is 0 Å². The maximum absolute atomic E-state index is 14.1. The van der Waals surface area contributed by atoms with Crippen LogP contribution < -0.4 is 0 Å². The van der Waals surface area contributed by atoms with Gasteiger partial charge in [0.25, 0.3) is 5.91 Å². The fraction of sp³-hybridized carbons (Fsp3) is 0.312. The summed E-state index contributed by atoms with van der Waals surface area (Å²) >= 11 is 1.31. The predicted molar refractivity (Wildman–Crippen MR) is 83.5 cm³/mol. The summed E-state index contributed by atoms with van der Waals surface area (Å²) in [6, 6.07) is 8.11. The highest BCUT2D eigenvalue weighted by Gasteiger charge is 2.23. The largest absolute Gasteiger partial charge is 0.464 e. The van der Waals surface area contributed by atoms with Crippen LogP contribution in [-0.4, -0.2) is 35.3 Å². The van der Waals surface area contributed by atoms with E-state index in [2.05, 4.69) is 0 Å². The second-order valence-electron chi connectivity index (χ2n) is 4.78. The number of halogens is 1. The van der Waals surface area contributed by atoms with Gasteiger partial charge in [0.15, 0.2) is 0 Å². The van der Waals surface area contributed by atoms with Crippen molar-refractivity contribution in [2.75, 3.05) is 19.4 Å². The molecule has 2 rings (SSSR count). The average molecular weight is 323 g/mol. The number of benzene rings is 1. The van der Waals surface area contributed by atoms with Crippen LogP contribution in [0.1, 0.15) is 21.9 Å². The predicted octanol–water partition coefficient (Wildman–Crippen LogP) is 3.08. The van der Waals surface area contributed by atoms with Crippen molar-refractivity contribution in [2.24, 2.45) is 0 Å². The third-order valence-electron chi connectivity index (χ3n) is 3.21. The lowest BCUT2D eigenvalue weighted by molar-refractivity contribution is 0.0685. The number of thioether (sulfide) groups is 1. The molecule has 1 N–H and O–H groups in total. The highest BCUT2D eigenvalue weighted by molar-refractivity contribution is 7.98. The molecule has 1 heterocycles. The van der Waals surface area contributed by atoms with Gasteiger partial charge in [-0.1, -0.05) is 6.07 Å². The molecule has 0 saturated heterocycles. The maximum Gasteiger partial charge on any atom is 0.258 e. The Morgan fingerprint density at radius 1 is 1.36 bits per heavy atom. The number of furan rings is 1. The molecule has 0 atom stereocenters. The number of rotatable bonds is 6. The normalized spacial score (nSPS) is 10.7. The number of nitrogens with zero attached hydrogens (tertiary/aromatic N) is 1. The van der Waals surface area contributed by atoms with E-state index in [0.717, 1.165) is 5.76 Å². The molecule has 0 bridgehead atoms. The van der Waals surface area contributed by atoms with E-state index in [-0.39, 0.29) is 25.3 Å². The Kier molecular flexibility index (Phi) is 5.63. The molecule has 0 spiro atoms. The molecule has 2 aromatic rings. The number of aryl methyl sites for hydroxylation is 1. The lowest BCUT2D eigenvalue weighted by Gasteiger charge is -2.22. The van der Waals surface area contributed by atoms with Crippen molar-refractivity contribution in [1.29, 1.82) is 0 Å². The van der Waals surface area contributed by atoms with Crippen LogP contribution in [0, 0.1) is 12.7 Å². The molecule has 1 aromatic carbocycles. The third kappa shape index (κ3) is 3.69. The van der Waals surface area contributed by atoms with Gasteiger partial charge in [0.05, 0.1) is 18.7 Å². The molecule has 0 unspecified atom stereocenters. The molecule has 0 fully saturated rings. The van der Waals surface area contributed by atoms with Crippen LogP contribution in [0.5, 0.6) is 0 Å². The van der Waals surface area contributed by atoms with E-state index in [0.29, 0.717) is 10.7 Å². The van der Waals surface area contributed by atoms with Crippen molar-refractivity contribution < 1.29 is 18.7 Å². The minimum atomic E-state index is -0.560. The minimum Gasteiger partial charge on any atom is -0.464 e. The number of carbonyl (C=O) groups is 1. The van der Waals surface area contributed by atoms with Crippen molar-refractivity contribution >= 4 is 17.7 Å². The van der Waals surface area contributed by atoms with E-state index in [1.54, 1.807) is 30.5 Å². The molecule has 1 aromatic heterocycles. The first-order valence-electron chi connectivity index (χ1n) is 6.84. The van der Waals surface area contributed by atoms with Gasteiger partial charge in [-0.05, 0) is 37.4 Å². The van der Waals surface area contributed by atoms with Gasteiger partial charge in [-0.2, -0.15) is 0 Å². The number of carbonyl (C=O) groups excluding carboxylic acids is 1. The van der Waals surface area contributed by atoms with Crippen molar-refractivity contribution in [3.05, 3.63) is 53.2 Å². The summed E-state index contributed by atoms with van der Waals surface area (Å²) in [4.78, 5) is 14.6. The number of hydrogen-bond acceptors (Lipinski definition) is 4. The van der Waals surface area contributed by atoms with E-state index in [9.17, 15) is 14.3 Å². The third-order valence-corrected chi connectivity index (χ3v) is 3.99. The van der Waals surface area contributed by atoms with Gasteiger partial charge in [-0.25, -0.2) is 4.39 Å². The standard InChI is InChI=1S/C16H18FNO3S/c1-11-6-7-12(21-11)10-18(8-9-19)16(20)15-13(17)4-3-5-14(15)22-2/h3-7,19H,8-10H2,1-2H3. The molecule has 4 nitrogen and oxygen atoms in total. The second-order valence-corrected chi connectivity index (χ2v) is 5.63. The molecule has 0 radical (unpaired) electrons. The first kappa shape index (κ1) is 16.6. The highest BCUT2D eigenvalue weighted by atomic mass is 32.2. The topological polar surface area (TPSA) is 53.7 Å². The highest BCUT2D eigenvalue weighted by Crippen LogP contribution is 2.25.